The van der Waals surface area contributed by atoms with Gasteiger partial charge in [-0.2, -0.15) is 0 Å². The lowest BCUT2D eigenvalue weighted by Gasteiger charge is -2.09. The van der Waals surface area contributed by atoms with E-state index in [1.807, 2.05) is 13.8 Å². The number of carbonyl (C=O) groups is 1. The number of sulfone groups is 1. The van der Waals surface area contributed by atoms with Gasteiger partial charge >= 0.3 is 5.97 Å². The lowest BCUT2D eigenvalue weighted by Crippen LogP contribution is -2.11. The SMILES string of the molecule is CC(C)CCS(=O)(=O)c1cc(F)c(Cl)c(C(=O)O)c1. The minimum atomic E-state index is -3.71. The van der Waals surface area contributed by atoms with Crippen molar-refractivity contribution in [3.8, 4) is 0 Å². The smallest absolute Gasteiger partial charge is 0.337 e. The van der Waals surface area contributed by atoms with E-state index in [-0.39, 0.29) is 16.6 Å². The molecule has 0 bridgehead atoms. The van der Waals surface area contributed by atoms with Crippen molar-refractivity contribution in [2.45, 2.75) is 25.2 Å². The van der Waals surface area contributed by atoms with Crippen LogP contribution in [0.3, 0.4) is 0 Å². The van der Waals surface area contributed by atoms with Crippen LogP contribution in [0.25, 0.3) is 0 Å². The summed E-state index contributed by atoms with van der Waals surface area (Å²) in [5.74, 6) is -2.51. The summed E-state index contributed by atoms with van der Waals surface area (Å²) in [6, 6.07) is 1.65. The van der Waals surface area contributed by atoms with Crippen LogP contribution in [-0.4, -0.2) is 25.2 Å². The number of benzene rings is 1. The molecule has 0 saturated heterocycles. The fourth-order valence-corrected chi connectivity index (χ4v) is 3.20. The van der Waals surface area contributed by atoms with Gasteiger partial charge in [0.1, 0.15) is 5.82 Å². The molecular formula is C12H14ClFO4S. The minimum absolute atomic E-state index is 0.162. The highest BCUT2D eigenvalue weighted by Crippen LogP contribution is 2.25. The van der Waals surface area contributed by atoms with Gasteiger partial charge in [-0.15, -0.1) is 0 Å². The van der Waals surface area contributed by atoms with Crippen LogP contribution < -0.4 is 0 Å². The van der Waals surface area contributed by atoms with E-state index in [1.165, 1.54) is 0 Å². The molecule has 0 aliphatic carbocycles. The second kappa shape index (κ2) is 5.88. The van der Waals surface area contributed by atoms with Crippen molar-refractivity contribution in [1.29, 1.82) is 0 Å². The highest BCUT2D eigenvalue weighted by Gasteiger charge is 2.22. The lowest BCUT2D eigenvalue weighted by atomic mass is 10.2. The van der Waals surface area contributed by atoms with Crippen LogP contribution in [0.1, 0.15) is 30.6 Å². The molecule has 0 aliphatic rings. The number of halogens is 2. The summed E-state index contributed by atoms with van der Waals surface area (Å²) in [5.41, 5.74) is -0.551. The monoisotopic (exact) mass is 308 g/mol. The molecule has 1 aromatic rings. The van der Waals surface area contributed by atoms with Gasteiger partial charge in [0.05, 0.1) is 21.2 Å². The van der Waals surface area contributed by atoms with Gasteiger partial charge in [-0.3, -0.25) is 0 Å². The van der Waals surface area contributed by atoms with Crippen molar-refractivity contribution in [1.82, 2.24) is 0 Å². The number of carboxylic acid groups (broad SMARTS) is 1. The second-order valence-corrected chi connectivity index (χ2v) is 7.06. The van der Waals surface area contributed by atoms with Gasteiger partial charge in [-0.1, -0.05) is 25.4 Å². The Morgan fingerprint density at radius 2 is 2.00 bits per heavy atom. The molecule has 0 fully saturated rings. The molecule has 0 aliphatic heterocycles. The Hall–Kier alpha value is -1.14. The minimum Gasteiger partial charge on any atom is -0.478 e. The summed E-state index contributed by atoms with van der Waals surface area (Å²) >= 11 is 5.49. The molecule has 1 N–H and O–H groups in total. The summed E-state index contributed by atoms with van der Waals surface area (Å²) in [7, 11) is -3.71. The third kappa shape index (κ3) is 3.91. The molecule has 19 heavy (non-hydrogen) atoms. The fourth-order valence-electron chi connectivity index (χ4n) is 1.41. The Bertz CT molecular complexity index is 596. The standard InChI is InChI=1S/C12H14ClFO4S/c1-7(2)3-4-19(17,18)8-5-9(12(15)16)11(13)10(14)6-8/h5-7H,3-4H2,1-2H3,(H,15,16). The molecule has 1 rings (SSSR count). The number of hydrogen-bond acceptors (Lipinski definition) is 3. The summed E-state index contributed by atoms with van der Waals surface area (Å²) in [6.07, 6.45) is 0.412. The first-order valence-corrected chi connectivity index (χ1v) is 7.63. The van der Waals surface area contributed by atoms with Gasteiger partial charge in [0.2, 0.25) is 0 Å². The summed E-state index contributed by atoms with van der Waals surface area (Å²) in [6.45, 7) is 3.72. The molecule has 0 atom stereocenters. The van der Waals surface area contributed by atoms with Crippen LogP contribution in [0.5, 0.6) is 0 Å². The van der Waals surface area contributed by atoms with Gasteiger partial charge in [0, 0.05) is 0 Å². The van der Waals surface area contributed by atoms with Crippen LogP contribution >= 0.6 is 11.6 Å². The highest BCUT2D eigenvalue weighted by molar-refractivity contribution is 7.91. The Balaban J connectivity index is 3.25. The number of aromatic carboxylic acids is 1. The lowest BCUT2D eigenvalue weighted by molar-refractivity contribution is 0.0696. The van der Waals surface area contributed by atoms with Crippen molar-refractivity contribution >= 4 is 27.4 Å². The molecule has 0 radical (unpaired) electrons. The highest BCUT2D eigenvalue weighted by atomic mass is 35.5. The summed E-state index contributed by atoms with van der Waals surface area (Å²) in [4.78, 5) is 10.5. The van der Waals surface area contributed by atoms with Crippen LogP contribution in [0.4, 0.5) is 4.39 Å². The molecular weight excluding hydrogens is 295 g/mol. The molecule has 0 aromatic heterocycles. The molecule has 0 heterocycles. The van der Waals surface area contributed by atoms with Crippen LogP contribution in [-0.2, 0) is 9.84 Å². The molecule has 0 saturated carbocycles. The Morgan fingerprint density at radius 1 is 1.42 bits per heavy atom. The van der Waals surface area contributed by atoms with E-state index in [4.69, 9.17) is 16.7 Å². The largest absolute Gasteiger partial charge is 0.478 e. The maximum Gasteiger partial charge on any atom is 0.337 e. The van der Waals surface area contributed by atoms with E-state index in [0.29, 0.717) is 6.42 Å². The summed E-state index contributed by atoms with van der Waals surface area (Å²) in [5, 5.41) is 8.26. The quantitative estimate of drug-likeness (QED) is 0.907. The first-order chi connectivity index (χ1) is 8.65. The molecule has 0 amide bonds. The molecule has 0 spiro atoms. The first kappa shape index (κ1) is 15.9. The van der Waals surface area contributed by atoms with Gasteiger partial charge in [-0.25, -0.2) is 17.6 Å². The topological polar surface area (TPSA) is 71.4 Å². The number of rotatable bonds is 5. The van der Waals surface area contributed by atoms with Gasteiger partial charge in [0.25, 0.3) is 0 Å². The van der Waals surface area contributed by atoms with Crippen LogP contribution in [0.15, 0.2) is 17.0 Å². The van der Waals surface area contributed by atoms with Crippen molar-refractivity contribution in [2.75, 3.05) is 5.75 Å². The average Bonchev–Trinajstić information content (AvgIpc) is 2.29. The van der Waals surface area contributed by atoms with Crippen molar-refractivity contribution in [3.63, 3.8) is 0 Å². The molecule has 7 heteroatoms. The normalized spacial score (nSPS) is 11.8. The van der Waals surface area contributed by atoms with E-state index in [2.05, 4.69) is 0 Å². The predicted octanol–water partition coefficient (Wildman–Crippen LogP) is 3.00. The second-order valence-electron chi connectivity index (χ2n) is 4.57. The van der Waals surface area contributed by atoms with E-state index >= 15 is 0 Å². The maximum atomic E-state index is 13.5. The zero-order valence-corrected chi connectivity index (χ0v) is 12.1. The van der Waals surface area contributed by atoms with Gasteiger partial charge in [0.15, 0.2) is 9.84 Å². The fraction of sp³-hybridized carbons (Fsp3) is 0.417. The van der Waals surface area contributed by atoms with Gasteiger partial charge < -0.3 is 5.11 Å². The van der Waals surface area contributed by atoms with Crippen molar-refractivity contribution in [3.05, 3.63) is 28.5 Å². The Morgan fingerprint density at radius 3 is 2.47 bits per heavy atom. The third-order valence-electron chi connectivity index (χ3n) is 2.56. The third-order valence-corrected chi connectivity index (χ3v) is 4.67. The van der Waals surface area contributed by atoms with E-state index in [1.54, 1.807) is 0 Å². The summed E-state index contributed by atoms with van der Waals surface area (Å²) < 4.78 is 37.4. The van der Waals surface area contributed by atoms with Crippen LogP contribution in [0.2, 0.25) is 5.02 Å². The molecule has 4 nitrogen and oxygen atoms in total. The van der Waals surface area contributed by atoms with Gasteiger partial charge in [-0.05, 0) is 24.5 Å². The van der Waals surface area contributed by atoms with E-state index in [9.17, 15) is 17.6 Å². The number of hydrogen-bond donors (Lipinski definition) is 1. The molecule has 1 aromatic carbocycles. The maximum absolute atomic E-state index is 13.5. The Labute approximate surface area is 116 Å². The van der Waals surface area contributed by atoms with Crippen LogP contribution in [0, 0.1) is 11.7 Å². The molecule has 0 unspecified atom stereocenters. The molecule has 106 valence electrons. The van der Waals surface area contributed by atoms with Crippen molar-refractivity contribution in [2.24, 2.45) is 5.92 Å². The zero-order chi connectivity index (χ0) is 14.8. The number of carboxylic acids is 1. The first-order valence-electron chi connectivity index (χ1n) is 5.60. The van der Waals surface area contributed by atoms with E-state index < -0.39 is 32.2 Å². The van der Waals surface area contributed by atoms with E-state index in [0.717, 1.165) is 12.1 Å². The zero-order valence-electron chi connectivity index (χ0n) is 10.5. The predicted molar refractivity (Wildman–Crippen MR) is 69.9 cm³/mol. The average molecular weight is 309 g/mol. The Kier molecular flexibility index (Phi) is 4.92. The van der Waals surface area contributed by atoms with Crippen molar-refractivity contribution < 1.29 is 22.7 Å².